The Morgan fingerprint density at radius 3 is 2.67 bits per heavy atom. The van der Waals surface area contributed by atoms with Gasteiger partial charge >= 0.3 is 5.97 Å². The van der Waals surface area contributed by atoms with Crippen LogP contribution < -0.4 is 4.74 Å². The maximum Gasteiger partial charge on any atom is 0.335 e. The molecule has 1 N–H and O–H groups in total. The van der Waals surface area contributed by atoms with Crippen molar-refractivity contribution in [1.82, 2.24) is 0 Å². The van der Waals surface area contributed by atoms with Crippen molar-refractivity contribution in [3.05, 3.63) is 71.3 Å². The van der Waals surface area contributed by atoms with Crippen molar-refractivity contribution in [3.63, 3.8) is 0 Å². The molecule has 1 aliphatic rings. The number of hydrogen-bond acceptors (Lipinski definition) is 3. The molecule has 4 nitrogen and oxygen atoms in total. The topological polar surface area (TPSA) is 63.6 Å². The van der Waals surface area contributed by atoms with Gasteiger partial charge in [-0.2, -0.15) is 0 Å². The molecular formula is C17H12O4. The van der Waals surface area contributed by atoms with Gasteiger partial charge in [-0.1, -0.05) is 43.0 Å². The molecule has 0 bridgehead atoms. The summed E-state index contributed by atoms with van der Waals surface area (Å²) in [5, 5.41) is 9.14. The summed E-state index contributed by atoms with van der Waals surface area (Å²) in [5.74, 6) is -1.01. The number of ether oxygens (including phenoxy) is 1. The van der Waals surface area contributed by atoms with Gasteiger partial charge in [0.05, 0.1) is 11.1 Å². The van der Waals surface area contributed by atoms with Crippen LogP contribution in [-0.2, 0) is 11.4 Å². The highest BCUT2D eigenvalue weighted by molar-refractivity contribution is 6.21. The molecule has 0 radical (unpaired) electrons. The van der Waals surface area contributed by atoms with Crippen LogP contribution in [0.2, 0.25) is 0 Å². The third-order valence-electron chi connectivity index (χ3n) is 3.48. The number of benzene rings is 2. The Hall–Kier alpha value is -2.88. The SMILES string of the molecule is C=C(C(=O)O)c1cccc2c1C(=O)c1ccccc1CO2. The van der Waals surface area contributed by atoms with Gasteiger partial charge in [-0.3, -0.25) is 4.79 Å². The summed E-state index contributed by atoms with van der Waals surface area (Å²) >= 11 is 0. The minimum Gasteiger partial charge on any atom is -0.488 e. The van der Waals surface area contributed by atoms with Gasteiger partial charge in [-0.25, -0.2) is 4.79 Å². The molecule has 0 aliphatic carbocycles. The normalized spacial score (nSPS) is 12.7. The molecular weight excluding hydrogens is 268 g/mol. The summed E-state index contributed by atoms with van der Waals surface area (Å²) in [6.45, 7) is 3.82. The fourth-order valence-electron chi connectivity index (χ4n) is 2.41. The van der Waals surface area contributed by atoms with Gasteiger partial charge in [0.25, 0.3) is 0 Å². The molecule has 21 heavy (non-hydrogen) atoms. The highest BCUT2D eigenvalue weighted by Crippen LogP contribution is 2.33. The maximum absolute atomic E-state index is 12.8. The van der Waals surface area contributed by atoms with Crippen molar-refractivity contribution < 1.29 is 19.4 Å². The molecule has 0 spiro atoms. The van der Waals surface area contributed by atoms with Gasteiger partial charge in [-0.05, 0) is 6.07 Å². The Kier molecular flexibility index (Phi) is 3.06. The first-order chi connectivity index (χ1) is 10.1. The molecule has 0 saturated heterocycles. The van der Waals surface area contributed by atoms with Gasteiger partial charge in [0.15, 0.2) is 5.78 Å². The second kappa shape index (κ2) is 4.90. The third-order valence-corrected chi connectivity index (χ3v) is 3.48. The number of fused-ring (bicyclic) bond motifs is 2. The maximum atomic E-state index is 12.8. The zero-order valence-corrected chi connectivity index (χ0v) is 11.1. The van der Waals surface area contributed by atoms with E-state index in [0.717, 1.165) is 5.56 Å². The Bertz CT molecular complexity index is 774. The quantitative estimate of drug-likeness (QED) is 0.859. The average molecular weight is 280 g/mol. The van der Waals surface area contributed by atoms with Crippen LogP contribution in [0.4, 0.5) is 0 Å². The molecule has 1 aliphatic heterocycles. The van der Waals surface area contributed by atoms with E-state index < -0.39 is 5.97 Å². The standard InChI is InChI=1S/C17H12O4/c1-10(17(19)20)12-7-4-8-14-15(12)16(18)13-6-3-2-5-11(13)9-21-14/h2-8H,1,9H2,(H,19,20). The minimum atomic E-state index is -1.16. The van der Waals surface area contributed by atoms with E-state index in [0.29, 0.717) is 16.9 Å². The van der Waals surface area contributed by atoms with E-state index in [1.54, 1.807) is 30.3 Å². The van der Waals surface area contributed by atoms with Crippen molar-refractivity contribution in [3.8, 4) is 5.75 Å². The number of carbonyl (C=O) groups is 2. The zero-order valence-electron chi connectivity index (χ0n) is 11.1. The van der Waals surface area contributed by atoms with Gasteiger partial charge in [-0.15, -0.1) is 0 Å². The van der Waals surface area contributed by atoms with Crippen LogP contribution in [-0.4, -0.2) is 16.9 Å². The van der Waals surface area contributed by atoms with Crippen LogP contribution in [0.3, 0.4) is 0 Å². The van der Waals surface area contributed by atoms with Gasteiger partial charge in [0.1, 0.15) is 12.4 Å². The van der Waals surface area contributed by atoms with Gasteiger partial charge in [0.2, 0.25) is 0 Å². The monoisotopic (exact) mass is 280 g/mol. The fourth-order valence-corrected chi connectivity index (χ4v) is 2.41. The predicted octanol–water partition coefficient (Wildman–Crippen LogP) is 2.91. The Balaban J connectivity index is 2.24. The van der Waals surface area contributed by atoms with Crippen molar-refractivity contribution in [2.45, 2.75) is 6.61 Å². The number of aliphatic carboxylic acids is 1. The highest BCUT2D eigenvalue weighted by atomic mass is 16.5. The zero-order chi connectivity index (χ0) is 15.0. The summed E-state index contributed by atoms with van der Waals surface area (Å²) < 4.78 is 5.66. The first kappa shape index (κ1) is 13.1. The van der Waals surface area contributed by atoms with Gasteiger partial charge < -0.3 is 9.84 Å². The van der Waals surface area contributed by atoms with Crippen molar-refractivity contribution in [1.29, 1.82) is 0 Å². The number of rotatable bonds is 2. The summed E-state index contributed by atoms with van der Waals surface area (Å²) in [6, 6.07) is 12.0. The largest absolute Gasteiger partial charge is 0.488 e. The van der Waals surface area contributed by atoms with Crippen molar-refractivity contribution in [2.75, 3.05) is 0 Å². The summed E-state index contributed by atoms with van der Waals surface area (Å²) in [7, 11) is 0. The lowest BCUT2D eigenvalue weighted by Gasteiger charge is -2.11. The highest BCUT2D eigenvalue weighted by Gasteiger charge is 2.26. The van der Waals surface area contributed by atoms with E-state index in [9.17, 15) is 9.59 Å². The molecule has 4 heteroatoms. The second-order valence-corrected chi connectivity index (χ2v) is 4.74. The number of hydrogen-bond donors (Lipinski definition) is 1. The van der Waals surface area contributed by atoms with E-state index in [1.807, 2.05) is 12.1 Å². The Labute approximate surface area is 121 Å². The molecule has 0 saturated carbocycles. The molecule has 0 aromatic heterocycles. The summed E-state index contributed by atoms with van der Waals surface area (Å²) in [5.41, 5.74) is 1.74. The predicted molar refractivity (Wildman–Crippen MR) is 77.3 cm³/mol. The molecule has 0 fully saturated rings. The van der Waals surface area contributed by atoms with Crippen LogP contribution in [0.1, 0.15) is 27.0 Å². The molecule has 1 heterocycles. The number of carbonyl (C=O) groups excluding carboxylic acids is 1. The van der Waals surface area contributed by atoms with E-state index in [2.05, 4.69) is 6.58 Å². The number of carboxylic acids is 1. The molecule has 3 rings (SSSR count). The molecule has 0 unspecified atom stereocenters. The van der Waals surface area contributed by atoms with Gasteiger partial charge in [0, 0.05) is 16.7 Å². The third kappa shape index (κ3) is 2.10. The molecule has 2 aromatic carbocycles. The first-order valence-corrected chi connectivity index (χ1v) is 6.40. The molecule has 104 valence electrons. The second-order valence-electron chi connectivity index (χ2n) is 4.74. The fraction of sp³-hybridized carbons (Fsp3) is 0.0588. The lowest BCUT2D eigenvalue weighted by Crippen LogP contribution is -2.08. The number of carboxylic acid groups (broad SMARTS) is 1. The van der Waals surface area contributed by atoms with Crippen LogP contribution in [0.5, 0.6) is 5.75 Å². The minimum absolute atomic E-state index is 0.122. The molecule has 0 atom stereocenters. The van der Waals surface area contributed by atoms with E-state index in [1.165, 1.54) is 0 Å². The van der Waals surface area contributed by atoms with Crippen molar-refractivity contribution >= 4 is 17.3 Å². The Morgan fingerprint density at radius 2 is 1.90 bits per heavy atom. The molecule has 2 aromatic rings. The van der Waals surface area contributed by atoms with Crippen LogP contribution in [0, 0.1) is 0 Å². The van der Waals surface area contributed by atoms with Crippen LogP contribution in [0.25, 0.3) is 5.57 Å². The summed E-state index contributed by atoms with van der Waals surface area (Å²) in [4.78, 5) is 23.9. The van der Waals surface area contributed by atoms with Crippen LogP contribution >= 0.6 is 0 Å². The first-order valence-electron chi connectivity index (χ1n) is 6.40. The lowest BCUT2D eigenvalue weighted by molar-refractivity contribution is -0.130. The number of ketones is 1. The van der Waals surface area contributed by atoms with E-state index in [4.69, 9.17) is 9.84 Å². The average Bonchev–Trinajstić information content (AvgIpc) is 2.64. The van der Waals surface area contributed by atoms with Crippen molar-refractivity contribution in [2.24, 2.45) is 0 Å². The van der Waals surface area contributed by atoms with E-state index >= 15 is 0 Å². The van der Waals surface area contributed by atoms with E-state index in [-0.39, 0.29) is 23.5 Å². The summed E-state index contributed by atoms with van der Waals surface area (Å²) in [6.07, 6.45) is 0. The molecule has 0 amide bonds. The van der Waals surface area contributed by atoms with Crippen LogP contribution in [0.15, 0.2) is 49.0 Å². The smallest absolute Gasteiger partial charge is 0.335 e. The Morgan fingerprint density at radius 1 is 1.14 bits per heavy atom. The lowest BCUT2D eigenvalue weighted by atomic mass is 9.92.